The highest BCUT2D eigenvalue weighted by molar-refractivity contribution is 7.92. The van der Waals surface area contributed by atoms with Crippen LogP contribution in [0.25, 0.3) is 0 Å². The van der Waals surface area contributed by atoms with Crippen molar-refractivity contribution in [3.63, 3.8) is 0 Å². The molecule has 0 saturated carbocycles. The van der Waals surface area contributed by atoms with E-state index in [0.29, 0.717) is 36.7 Å². The van der Waals surface area contributed by atoms with E-state index in [2.05, 4.69) is 51.2 Å². The summed E-state index contributed by atoms with van der Waals surface area (Å²) in [6.07, 6.45) is 2.24. The molecule has 1 aromatic heterocycles. The molecule has 0 aliphatic carbocycles. The van der Waals surface area contributed by atoms with Gasteiger partial charge in [-0.05, 0) is 47.9 Å². The van der Waals surface area contributed by atoms with Crippen molar-refractivity contribution >= 4 is 27.5 Å². The van der Waals surface area contributed by atoms with E-state index in [1.807, 2.05) is 4.90 Å². The van der Waals surface area contributed by atoms with Gasteiger partial charge in [0.1, 0.15) is 11.4 Å². The predicted octanol–water partition coefficient (Wildman–Crippen LogP) is 4.90. The average molecular weight is 462 g/mol. The number of carbonyl (C=O) groups is 1. The van der Waals surface area contributed by atoms with E-state index in [1.54, 1.807) is 24.3 Å². The highest BCUT2D eigenvalue weighted by Gasteiger charge is 2.22. The smallest absolute Gasteiger partial charge is 0.339 e. The fourth-order valence-corrected chi connectivity index (χ4v) is 4.58. The number of anilines is 2. The van der Waals surface area contributed by atoms with E-state index in [0.717, 1.165) is 12.0 Å². The van der Waals surface area contributed by atoms with Gasteiger partial charge in [-0.15, -0.1) is 0 Å². The number of nitrogens with one attached hydrogen (secondary N) is 1. The first-order valence-corrected chi connectivity index (χ1v) is 12.5. The third-order valence-corrected chi connectivity index (χ3v) is 6.09. The molecule has 0 radical (unpaired) electrons. The summed E-state index contributed by atoms with van der Waals surface area (Å²) in [5.41, 5.74) is 1.15. The van der Waals surface area contributed by atoms with Gasteiger partial charge in [-0.1, -0.05) is 53.7 Å². The highest BCUT2D eigenvalue weighted by atomic mass is 32.2. The molecule has 32 heavy (non-hydrogen) atoms. The van der Waals surface area contributed by atoms with Crippen molar-refractivity contribution < 1.29 is 18.3 Å². The Labute approximate surface area is 191 Å². The molecule has 0 saturated heterocycles. The molecule has 1 aromatic carbocycles. The van der Waals surface area contributed by atoms with Crippen LogP contribution >= 0.6 is 0 Å². The maximum Gasteiger partial charge on any atom is 0.339 e. The molecule has 0 atom stereocenters. The van der Waals surface area contributed by atoms with Gasteiger partial charge in [0.05, 0.1) is 16.8 Å². The minimum absolute atomic E-state index is 0.0289. The number of aromatic nitrogens is 1. The van der Waals surface area contributed by atoms with Crippen LogP contribution in [0.1, 0.15) is 57.5 Å². The Morgan fingerprint density at radius 2 is 1.56 bits per heavy atom. The van der Waals surface area contributed by atoms with Crippen LogP contribution in [0.2, 0.25) is 0 Å². The Balaban J connectivity index is 2.34. The molecule has 1 heterocycles. The molecule has 7 nitrogen and oxygen atoms in total. The van der Waals surface area contributed by atoms with Crippen molar-refractivity contribution in [2.45, 2.75) is 52.9 Å². The van der Waals surface area contributed by atoms with E-state index in [1.165, 1.54) is 12.3 Å². The maximum atomic E-state index is 12.8. The second-order valence-electron chi connectivity index (χ2n) is 9.44. The van der Waals surface area contributed by atoms with Crippen molar-refractivity contribution in [3.8, 4) is 0 Å². The minimum Gasteiger partial charge on any atom is -0.478 e. The van der Waals surface area contributed by atoms with E-state index in [4.69, 9.17) is 0 Å². The number of carboxylic acid groups (broad SMARTS) is 1. The Morgan fingerprint density at radius 1 is 1.00 bits per heavy atom. The number of sulfonamides is 1. The van der Waals surface area contributed by atoms with E-state index in [-0.39, 0.29) is 16.1 Å². The fourth-order valence-electron chi connectivity index (χ4n) is 3.54. The SMILES string of the molecule is CC(C)Cc1ccc(S(=O)(=O)Nc2cnc(N(CC(C)C)CC(C)C)c(C(=O)O)c2)cc1. The molecule has 8 heteroatoms. The van der Waals surface area contributed by atoms with Gasteiger partial charge in [0.15, 0.2) is 0 Å². The maximum absolute atomic E-state index is 12.8. The van der Waals surface area contributed by atoms with Crippen LogP contribution in [0.15, 0.2) is 41.4 Å². The van der Waals surface area contributed by atoms with Gasteiger partial charge in [-0.25, -0.2) is 18.2 Å². The van der Waals surface area contributed by atoms with Crippen LogP contribution in [-0.2, 0) is 16.4 Å². The minimum atomic E-state index is -3.87. The van der Waals surface area contributed by atoms with Crippen molar-refractivity contribution in [2.75, 3.05) is 22.7 Å². The van der Waals surface area contributed by atoms with Crippen LogP contribution in [0.5, 0.6) is 0 Å². The lowest BCUT2D eigenvalue weighted by Crippen LogP contribution is -2.33. The summed E-state index contributed by atoms with van der Waals surface area (Å²) in [4.78, 5) is 18.4. The number of nitrogens with zero attached hydrogens (tertiary/aromatic N) is 2. The summed E-state index contributed by atoms with van der Waals surface area (Å²) < 4.78 is 28.1. The molecule has 2 aromatic rings. The highest BCUT2D eigenvalue weighted by Crippen LogP contribution is 2.25. The summed E-state index contributed by atoms with van der Waals surface area (Å²) in [7, 11) is -3.87. The molecule has 0 bridgehead atoms. The van der Waals surface area contributed by atoms with Crippen molar-refractivity contribution in [1.82, 2.24) is 4.98 Å². The monoisotopic (exact) mass is 461 g/mol. The summed E-state index contributed by atoms with van der Waals surface area (Å²) in [6.45, 7) is 13.7. The van der Waals surface area contributed by atoms with Crippen LogP contribution in [0.4, 0.5) is 11.5 Å². The summed E-state index contributed by atoms with van der Waals surface area (Å²) in [5, 5.41) is 9.78. The van der Waals surface area contributed by atoms with Gasteiger partial charge in [0.25, 0.3) is 10.0 Å². The third kappa shape index (κ3) is 7.22. The zero-order chi connectivity index (χ0) is 24.1. The predicted molar refractivity (Wildman–Crippen MR) is 129 cm³/mol. The zero-order valence-electron chi connectivity index (χ0n) is 19.8. The molecule has 2 N–H and O–H groups in total. The van der Waals surface area contributed by atoms with Crippen LogP contribution < -0.4 is 9.62 Å². The van der Waals surface area contributed by atoms with Crippen molar-refractivity contribution in [3.05, 3.63) is 47.7 Å². The molecule has 0 fully saturated rings. The largest absolute Gasteiger partial charge is 0.478 e. The van der Waals surface area contributed by atoms with Gasteiger partial charge in [0.2, 0.25) is 0 Å². The fraction of sp³-hybridized carbons (Fsp3) is 0.500. The Bertz CT molecular complexity index is 1010. The summed E-state index contributed by atoms with van der Waals surface area (Å²) >= 11 is 0. The first kappa shape index (κ1) is 25.6. The lowest BCUT2D eigenvalue weighted by atomic mass is 10.0. The van der Waals surface area contributed by atoms with Crippen molar-refractivity contribution in [1.29, 1.82) is 0 Å². The second kappa shape index (κ2) is 10.8. The Hall–Kier alpha value is -2.61. The first-order valence-electron chi connectivity index (χ1n) is 11.0. The standard InChI is InChI=1S/C24H35N3O4S/c1-16(2)11-19-7-9-21(10-8-19)32(30,31)26-20-12-22(24(28)29)23(25-13-20)27(14-17(3)4)15-18(5)6/h7-10,12-13,16-18,26H,11,14-15H2,1-6H3,(H,28,29). The molecule has 0 unspecified atom stereocenters. The third-order valence-electron chi connectivity index (χ3n) is 4.70. The number of hydrogen-bond donors (Lipinski definition) is 2. The van der Waals surface area contributed by atoms with Gasteiger partial charge in [0, 0.05) is 13.1 Å². The molecule has 0 aliphatic heterocycles. The van der Waals surface area contributed by atoms with E-state index in [9.17, 15) is 18.3 Å². The topological polar surface area (TPSA) is 99.6 Å². The lowest BCUT2D eigenvalue weighted by Gasteiger charge is -2.28. The molecule has 0 spiro atoms. The van der Waals surface area contributed by atoms with E-state index >= 15 is 0 Å². The van der Waals surface area contributed by atoms with E-state index < -0.39 is 16.0 Å². The number of hydrogen-bond acceptors (Lipinski definition) is 5. The molecule has 176 valence electrons. The summed E-state index contributed by atoms with van der Waals surface area (Å²) in [6, 6.07) is 8.06. The van der Waals surface area contributed by atoms with Crippen LogP contribution in [-0.4, -0.2) is 37.6 Å². The molecular weight excluding hydrogens is 426 g/mol. The average Bonchev–Trinajstić information content (AvgIpc) is 2.66. The molecule has 0 amide bonds. The Morgan fingerprint density at radius 3 is 2.03 bits per heavy atom. The van der Waals surface area contributed by atoms with Crippen LogP contribution in [0.3, 0.4) is 0 Å². The van der Waals surface area contributed by atoms with Crippen LogP contribution in [0, 0.1) is 17.8 Å². The second-order valence-corrected chi connectivity index (χ2v) is 11.1. The van der Waals surface area contributed by atoms with Crippen molar-refractivity contribution in [2.24, 2.45) is 17.8 Å². The zero-order valence-corrected chi connectivity index (χ0v) is 20.6. The number of pyridine rings is 1. The van der Waals surface area contributed by atoms with Gasteiger partial charge < -0.3 is 10.0 Å². The number of benzene rings is 1. The number of aromatic carboxylic acids is 1. The molecular formula is C24H35N3O4S. The van der Waals surface area contributed by atoms with Gasteiger partial charge in [-0.3, -0.25) is 4.72 Å². The Kier molecular flexibility index (Phi) is 8.66. The number of carboxylic acids is 1. The molecule has 0 aliphatic rings. The van der Waals surface area contributed by atoms with Gasteiger partial charge >= 0.3 is 5.97 Å². The quantitative estimate of drug-likeness (QED) is 0.494. The number of rotatable bonds is 11. The first-order chi connectivity index (χ1) is 14.9. The molecule has 2 rings (SSSR count). The van der Waals surface area contributed by atoms with Gasteiger partial charge in [-0.2, -0.15) is 0 Å². The lowest BCUT2D eigenvalue weighted by molar-refractivity contribution is 0.0697. The normalized spacial score (nSPS) is 11.9. The summed E-state index contributed by atoms with van der Waals surface area (Å²) in [5.74, 6) is 0.300.